The first-order valence-corrected chi connectivity index (χ1v) is 7.47. The fourth-order valence-corrected chi connectivity index (χ4v) is 2.33. The van der Waals surface area contributed by atoms with Crippen LogP contribution in [0.25, 0.3) is 5.82 Å². The summed E-state index contributed by atoms with van der Waals surface area (Å²) < 4.78 is 1.55. The number of hydrogen-bond acceptors (Lipinski definition) is 6. The van der Waals surface area contributed by atoms with Gasteiger partial charge in [0.05, 0.1) is 0 Å². The van der Waals surface area contributed by atoms with Crippen LogP contribution in [0, 0.1) is 0 Å². The molecule has 0 bridgehead atoms. The summed E-state index contributed by atoms with van der Waals surface area (Å²) in [7, 11) is 1.71. The van der Waals surface area contributed by atoms with Gasteiger partial charge in [-0.15, -0.1) is 0 Å². The number of halogens is 1. The highest BCUT2D eigenvalue weighted by Gasteiger charge is 2.11. The zero-order valence-corrected chi connectivity index (χ0v) is 13.5. The lowest BCUT2D eigenvalue weighted by Crippen LogP contribution is -2.24. The van der Waals surface area contributed by atoms with Gasteiger partial charge in [0.2, 0.25) is 0 Å². The summed E-state index contributed by atoms with van der Waals surface area (Å²) in [5.74, 6) is 0.875. The van der Waals surface area contributed by atoms with E-state index < -0.39 is 0 Å². The number of aromatic nitrogens is 5. The SMILES string of the molecule is CNc1cc(C(=O)NCc2cccnc2-n2cncn2)cc(Cl)n1. The molecule has 0 radical (unpaired) electrons. The molecule has 3 aromatic rings. The van der Waals surface area contributed by atoms with Crippen LogP contribution in [0.3, 0.4) is 0 Å². The van der Waals surface area contributed by atoms with E-state index in [1.807, 2.05) is 6.07 Å². The zero-order valence-electron chi connectivity index (χ0n) is 12.8. The highest BCUT2D eigenvalue weighted by Crippen LogP contribution is 2.15. The van der Waals surface area contributed by atoms with Gasteiger partial charge in [-0.3, -0.25) is 4.79 Å². The maximum absolute atomic E-state index is 12.4. The first kappa shape index (κ1) is 15.9. The number of hydrogen-bond donors (Lipinski definition) is 2. The normalized spacial score (nSPS) is 10.4. The predicted octanol–water partition coefficient (Wildman–Crippen LogP) is 1.68. The Morgan fingerprint density at radius 2 is 2.25 bits per heavy atom. The molecule has 0 spiro atoms. The van der Waals surface area contributed by atoms with Gasteiger partial charge in [0.25, 0.3) is 5.91 Å². The van der Waals surface area contributed by atoms with Gasteiger partial charge in [0.1, 0.15) is 23.6 Å². The molecule has 0 aliphatic rings. The first-order chi connectivity index (χ1) is 11.7. The highest BCUT2D eigenvalue weighted by molar-refractivity contribution is 6.29. The van der Waals surface area contributed by atoms with E-state index in [-0.39, 0.29) is 17.6 Å². The average Bonchev–Trinajstić information content (AvgIpc) is 3.13. The minimum Gasteiger partial charge on any atom is -0.373 e. The van der Waals surface area contributed by atoms with Crippen LogP contribution in [-0.2, 0) is 6.54 Å². The third-order valence-electron chi connectivity index (χ3n) is 3.26. The molecule has 9 heteroatoms. The molecule has 3 rings (SSSR count). The van der Waals surface area contributed by atoms with Crippen LogP contribution >= 0.6 is 11.6 Å². The van der Waals surface area contributed by atoms with E-state index in [0.29, 0.717) is 17.2 Å². The zero-order chi connectivity index (χ0) is 16.9. The van der Waals surface area contributed by atoms with Crippen molar-refractivity contribution >= 4 is 23.3 Å². The van der Waals surface area contributed by atoms with Crippen molar-refractivity contribution in [3.05, 3.63) is 59.4 Å². The molecule has 2 N–H and O–H groups in total. The van der Waals surface area contributed by atoms with Gasteiger partial charge in [-0.2, -0.15) is 5.10 Å². The Labute approximate surface area is 142 Å². The third-order valence-corrected chi connectivity index (χ3v) is 3.45. The van der Waals surface area contributed by atoms with E-state index in [1.165, 1.54) is 12.4 Å². The van der Waals surface area contributed by atoms with Crippen LogP contribution in [0.5, 0.6) is 0 Å². The summed E-state index contributed by atoms with van der Waals surface area (Å²) in [6, 6.07) is 6.80. The molecule has 0 aromatic carbocycles. The topological polar surface area (TPSA) is 97.6 Å². The van der Waals surface area contributed by atoms with Gasteiger partial charge in [-0.1, -0.05) is 17.7 Å². The second-order valence-corrected chi connectivity index (χ2v) is 5.21. The molecule has 1 amide bonds. The second-order valence-electron chi connectivity index (χ2n) is 4.82. The summed E-state index contributed by atoms with van der Waals surface area (Å²) in [5, 5.41) is 10.0. The highest BCUT2D eigenvalue weighted by atomic mass is 35.5. The second kappa shape index (κ2) is 7.05. The fraction of sp³-hybridized carbons (Fsp3) is 0.133. The summed E-state index contributed by atoms with van der Waals surface area (Å²) in [5.41, 5.74) is 1.23. The maximum Gasteiger partial charge on any atom is 0.251 e. The van der Waals surface area contributed by atoms with Gasteiger partial charge >= 0.3 is 0 Å². The number of carbonyl (C=O) groups is 1. The van der Waals surface area contributed by atoms with Gasteiger partial charge in [-0.05, 0) is 18.2 Å². The van der Waals surface area contributed by atoms with Crippen LogP contribution < -0.4 is 10.6 Å². The summed E-state index contributed by atoms with van der Waals surface area (Å²) in [4.78, 5) is 24.6. The number of amides is 1. The maximum atomic E-state index is 12.4. The molecule has 3 aromatic heterocycles. The standard InChI is InChI=1S/C15H14ClN7O/c1-17-13-6-11(5-12(16)22-13)15(24)20-7-10-3-2-4-19-14(10)23-9-18-8-21-23/h2-6,8-9H,7H2,1H3,(H,17,22)(H,20,24). The van der Waals surface area contributed by atoms with Crippen molar-refractivity contribution in [2.45, 2.75) is 6.54 Å². The van der Waals surface area contributed by atoms with Gasteiger partial charge in [0.15, 0.2) is 5.82 Å². The van der Waals surface area contributed by atoms with Gasteiger partial charge in [0, 0.05) is 30.9 Å². The van der Waals surface area contributed by atoms with Crippen LogP contribution in [0.2, 0.25) is 5.15 Å². The molecule has 0 saturated heterocycles. The van der Waals surface area contributed by atoms with E-state index >= 15 is 0 Å². The van der Waals surface area contributed by atoms with Gasteiger partial charge in [-0.25, -0.2) is 19.6 Å². The predicted molar refractivity (Wildman–Crippen MR) is 89.1 cm³/mol. The van der Waals surface area contributed by atoms with Crippen molar-refractivity contribution in [2.24, 2.45) is 0 Å². The number of nitrogens with zero attached hydrogens (tertiary/aromatic N) is 5. The van der Waals surface area contributed by atoms with Crippen molar-refractivity contribution in [1.29, 1.82) is 0 Å². The van der Waals surface area contributed by atoms with E-state index in [2.05, 4.69) is 30.7 Å². The summed E-state index contributed by atoms with van der Waals surface area (Å²) in [6.07, 6.45) is 4.63. The Balaban J connectivity index is 1.77. The summed E-state index contributed by atoms with van der Waals surface area (Å²) >= 11 is 5.92. The number of pyridine rings is 2. The molecule has 24 heavy (non-hydrogen) atoms. The lowest BCUT2D eigenvalue weighted by Gasteiger charge is -2.10. The van der Waals surface area contributed by atoms with E-state index in [4.69, 9.17) is 11.6 Å². The quantitative estimate of drug-likeness (QED) is 0.684. The minimum absolute atomic E-state index is 0.247. The van der Waals surface area contributed by atoms with Crippen molar-refractivity contribution < 1.29 is 4.79 Å². The molecule has 3 heterocycles. The molecule has 122 valence electrons. The Morgan fingerprint density at radius 3 is 3.00 bits per heavy atom. The molecule has 0 fully saturated rings. The molecule has 0 atom stereocenters. The molecule has 8 nitrogen and oxygen atoms in total. The third kappa shape index (κ3) is 3.49. The molecular formula is C15H14ClN7O. The Morgan fingerprint density at radius 1 is 1.38 bits per heavy atom. The first-order valence-electron chi connectivity index (χ1n) is 7.10. The lowest BCUT2D eigenvalue weighted by molar-refractivity contribution is 0.0951. The lowest BCUT2D eigenvalue weighted by atomic mass is 10.2. The smallest absolute Gasteiger partial charge is 0.251 e. The largest absolute Gasteiger partial charge is 0.373 e. The number of carbonyl (C=O) groups excluding carboxylic acids is 1. The van der Waals surface area contributed by atoms with Gasteiger partial charge < -0.3 is 10.6 Å². The molecule has 0 aliphatic carbocycles. The molecular weight excluding hydrogens is 330 g/mol. The van der Waals surface area contributed by atoms with Crippen LogP contribution in [0.1, 0.15) is 15.9 Å². The van der Waals surface area contributed by atoms with E-state index in [9.17, 15) is 4.79 Å². The monoisotopic (exact) mass is 343 g/mol. The van der Waals surface area contributed by atoms with E-state index in [0.717, 1.165) is 5.56 Å². The Bertz CT molecular complexity index is 851. The Kier molecular flexibility index (Phi) is 4.66. The Hall–Kier alpha value is -3.00. The van der Waals surface area contributed by atoms with Crippen molar-refractivity contribution in [1.82, 2.24) is 30.0 Å². The fourth-order valence-electron chi connectivity index (χ4n) is 2.13. The molecule has 0 saturated carbocycles. The van der Waals surface area contributed by atoms with Crippen LogP contribution in [0.15, 0.2) is 43.1 Å². The van der Waals surface area contributed by atoms with Crippen LogP contribution in [-0.4, -0.2) is 37.7 Å². The van der Waals surface area contributed by atoms with E-state index in [1.54, 1.807) is 36.4 Å². The summed E-state index contributed by atoms with van der Waals surface area (Å²) in [6.45, 7) is 0.288. The average molecular weight is 344 g/mol. The minimum atomic E-state index is -0.260. The number of anilines is 1. The van der Waals surface area contributed by atoms with Crippen molar-refractivity contribution in [3.63, 3.8) is 0 Å². The van der Waals surface area contributed by atoms with Crippen LogP contribution in [0.4, 0.5) is 5.82 Å². The number of rotatable bonds is 5. The van der Waals surface area contributed by atoms with Crippen molar-refractivity contribution in [3.8, 4) is 5.82 Å². The van der Waals surface area contributed by atoms with Crippen molar-refractivity contribution in [2.75, 3.05) is 12.4 Å². The molecule has 0 unspecified atom stereocenters. The number of nitrogens with one attached hydrogen (secondary N) is 2. The molecule has 0 aliphatic heterocycles.